The predicted molar refractivity (Wildman–Crippen MR) is 83.7 cm³/mol. The highest BCUT2D eigenvalue weighted by molar-refractivity contribution is 5.86. The van der Waals surface area contributed by atoms with Crippen LogP contribution < -0.4 is 0 Å². The molecule has 2 heterocycles. The van der Waals surface area contributed by atoms with E-state index in [1.807, 2.05) is 30.6 Å². The van der Waals surface area contributed by atoms with Gasteiger partial charge in [-0.05, 0) is 35.2 Å². The largest absolute Gasteiger partial charge is 0.265 e. The van der Waals surface area contributed by atoms with Crippen LogP contribution in [-0.4, -0.2) is 9.97 Å². The summed E-state index contributed by atoms with van der Waals surface area (Å²) >= 11 is 0. The second-order valence-corrected chi connectivity index (χ2v) is 6.06. The smallest absolute Gasteiger partial charge is 0.0713 e. The molecule has 0 aliphatic carbocycles. The van der Waals surface area contributed by atoms with Gasteiger partial charge in [0, 0.05) is 23.3 Å². The number of pyridine rings is 2. The first-order valence-electron chi connectivity index (χ1n) is 6.86. The lowest BCUT2D eigenvalue weighted by Gasteiger charge is -2.22. The molecule has 3 rings (SSSR count). The van der Waals surface area contributed by atoms with Crippen LogP contribution in [0.4, 0.5) is 0 Å². The van der Waals surface area contributed by atoms with E-state index in [-0.39, 0.29) is 5.41 Å². The highest BCUT2D eigenvalue weighted by Gasteiger charge is 2.18. The van der Waals surface area contributed by atoms with Crippen molar-refractivity contribution < 1.29 is 0 Å². The fourth-order valence-corrected chi connectivity index (χ4v) is 2.47. The monoisotopic (exact) mass is 262 g/mol. The van der Waals surface area contributed by atoms with Crippen LogP contribution in [0.2, 0.25) is 0 Å². The lowest BCUT2D eigenvalue weighted by atomic mass is 9.84. The van der Waals surface area contributed by atoms with Crippen LogP contribution in [0.15, 0.2) is 54.9 Å². The van der Waals surface area contributed by atoms with Gasteiger partial charge in [0.2, 0.25) is 0 Å². The maximum atomic E-state index is 4.79. The van der Waals surface area contributed by atoms with Crippen molar-refractivity contribution in [1.29, 1.82) is 0 Å². The van der Waals surface area contributed by atoms with E-state index in [4.69, 9.17) is 4.98 Å². The number of aromatic nitrogens is 2. The first-order valence-corrected chi connectivity index (χ1v) is 6.86. The third-order valence-corrected chi connectivity index (χ3v) is 3.50. The zero-order valence-corrected chi connectivity index (χ0v) is 12.1. The molecular weight excluding hydrogens is 244 g/mol. The number of rotatable bonds is 1. The molecule has 0 aliphatic heterocycles. The highest BCUT2D eigenvalue weighted by atomic mass is 14.7. The van der Waals surface area contributed by atoms with Gasteiger partial charge in [0.05, 0.1) is 11.2 Å². The summed E-state index contributed by atoms with van der Waals surface area (Å²) in [6.45, 7) is 6.72. The summed E-state index contributed by atoms with van der Waals surface area (Å²) in [6.07, 6.45) is 3.62. The molecule has 0 N–H and O–H groups in total. The third-order valence-electron chi connectivity index (χ3n) is 3.50. The van der Waals surface area contributed by atoms with Crippen molar-refractivity contribution in [2.24, 2.45) is 0 Å². The van der Waals surface area contributed by atoms with E-state index in [1.54, 1.807) is 0 Å². The van der Waals surface area contributed by atoms with Crippen LogP contribution in [0.5, 0.6) is 0 Å². The lowest BCUT2D eigenvalue weighted by molar-refractivity contribution is 0.595. The molecule has 100 valence electrons. The van der Waals surface area contributed by atoms with E-state index >= 15 is 0 Å². The molecule has 3 aromatic rings. The van der Waals surface area contributed by atoms with Crippen LogP contribution in [0.25, 0.3) is 22.2 Å². The summed E-state index contributed by atoms with van der Waals surface area (Å²) in [5, 5.41) is 1.23. The first-order chi connectivity index (χ1) is 9.55. The quantitative estimate of drug-likeness (QED) is 0.640. The Morgan fingerprint density at radius 2 is 1.60 bits per heavy atom. The van der Waals surface area contributed by atoms with E-state index in [1.165, 1.54) is 10.9 Å². The van der Waals surface area contributed by atoms with Crippen LogP contribution in [0, 0.1) is 0 Å². The van der Waals surface area contributed by atoms with Gasteiger partial charge in [0.25, 0.3) is 0 Å². The maximum Gasteiger partial charge on any atom is 0.0713 e. The summed E-state index contributed by atoms with van der Waals surface area (Å²) in [4.78, 5) is 8.87. The minimum Gasteiger partial charge on any atom is -0.265 e. The number of hydrogen-bond acceptors (Lipinski definition) is 2. The molecule has 0 spiro atoms. The van der Waals surface area contributed by atoms with Crippen LogP contribution in [-0.2, 0) is 5.41 Å². The van der Waals surface area contributed by atoms with E-state index in [0.29, 0.717) is 0 Å². The van der Waals surface area contributed by atoms with Crippen molar-refractivity contribution in [3.8, 4) is 11.3 Å². The van der Waals surface area contributed by atoms with E-state index in [2.05, 4.69) is 50.0 Å². The highest BCUT2D eigenvalue weighted by Crippen LogP contribution is 2.32. The van der Waals surface area contributed by atoms with Crippen LogP contribution in [0.1, 0.15) is 26.3 Å². The Morgan fingerprint density at radius 1 is 0.900 bits per heavy atom. The van der Waals surface area contributed by atoms with Crippen molar-refractivity contribution in [3.63, 3.8) is 0 Å². The Hall–Kier alpha value is -2.22. The molecule has 2 nitrogen and oxygen atoms in total. The van der Waals surface area contributed by atoms with Gasteiger partial charge < -0.3 is 0 Å². The van der Waals surface area contributed by atoms with Gasteiger partial charge in [-0.3, -0.25) is 4.98 Å². The topological polar surface area (TPSA) is 25.8 Å². The molecule has 0 saturated carbocycles. The molecule has 2 aromatic heterocycles. The molecule has 0 radical (unpaired) electrons. The van der Waals surface area contributed by atoms with Gasteiger partial charge >= 0.3 is 0 Å². The van der Waals surface area contributed by atoms with Crippen molar-refractivity contribution in [1.82, 2.24) is 9.97 Å². The molecule has 0 amide bonds. The molecule has 2 heteroatoms. The van der Waals surface area contributed by atoms with Gasteiger partial charge in [-0.2, -0.15) is 0 Å². The molecule has 0 saturated heterocycles. The predicted octanol–water partition coefficient (Wildman–Crippen LogP) is 4.59. The average Bonchev–Trinajstić information content (AvgIpc) is 2.46. The fraction of sp³-hybridized carbons (Fsp3) is 0.222. The van der Waals surface area contributed by atoms with Crippen LogP contribution >= 0.6 is 0 Å². The molecule has 0 atom stereocenters. The minimum absolute atomic E-state index is 0.0876. The molecule has 0 unspecified atom stereocenters. The second-order valence-electron chi connectivity index (χ2n) is 6.06. The summed E-state index contributed by atoms with van der Waals surface area (Å²) in [5.41, 5.74) is 4.58. The number of benzene rings is 1. The first kappa shape index (κ1) is 12.8. The Balaban J connectivity index is 2.31. The molecule has 0 bridgehead atoms. The molecule has 0 fully saturated rings. The van der Waals surface area contributed by atoms with Gasteiger partial charge in [-0.25, -0.2) is 4.98 Å². The maximum absolute atomic E-state index is 4.79. The number of para-hydroxylation sites is 1. The molecule has 20 heavy (non-hydrogen) atoms. The zero-order valence-electron chi connectivity index (χ0n) is 12.1. The number of hydrogen-bond donors (Lipinski definition) is 0. The Labute approximate surface area is 119 Å². The normalized spacial score (nSPS) is 11.8. The van der Waals surface area contributed by atoms with Crippen LogP contribution in [0.3, 0.4) is 0 Å². The Kier molecular flexibility index (Phi) is 3.01. The third kappa shape index (κ3) is 2.29. The van der Waals surface area contributed by atoms with Crippen molar-refractivity contribution in [3.05, 3.63) is 60.4 Å². The standard InChI is InChI=1S/C18H18N2/c1-18(2,3)15-12-17(13-8-10-19-11-9-13)20-16-7-5-4-6-14(15)16/h4-12H,1-3H3. The Bertz CT molecular complexity index is 740. The van der Waals surface area contributed by atoms with Crippen molar-refractivity contribution in [2.45, 2.75) is 26.2 Å². The van der Waals surface area contributed by atoms with Gasteiger partial charge in [0.1, 0.15) is 0 Å². The zero-order chi connectivity index (χ0) is 14.2. The Morgan fingerprint density at radius 3 is 2.30 bits per heavy atom. The molecule has 0 aliphatic rings. The SMILES string of the molecule is CC(C)(C)c1cc(-c2ccncc2)nc2ccccc12. The summed E-state index contributed by atoms with van der Waals surface area (Å²) in [6, 6.07) is 14.6. The molecular formula is C18H18N2. The summed E-state index contributed by atoms with van der Waals surface area (Å²) in [7, 11) is 0. The second kappa shape index (κ2) is 4.71. The molecule has 1 aromatic carbocycles. The number of fused-ring (bicyclic) bond motifs is 1. The number of nitrogens with zero attached hydrogens (tertiary/aromatic N) is 2. The van der Waals surface area contributed by atoms with E-state index < -0.39 is 0 Å². The summed E-state index contributed by atoms with van der Waals surface area (Å²) in [5.74, 6) is 0. The van der Waals surface area contributed by atoms with E-state index in [9.17, 15) is 0 Å². The fourth-order valence-electron chi connectivity index (χ4n) is 2.47. The van der Waals surface area contributed by atoms with Gasteiger partial charge in [-0.15, -0.1) is 0 Å². The van der Waals surface area contributed by atoms with Crippen molar-refractivity contribution in [2.75, 3.05) is 0 Å². The summed E-state index contributed by atoms with van der Waals surface area (Å²) < 4.78 is 0. The minimum atomic E-state index is 0.0876. The van der Waals surface area contributed by atoms with Gasteiger partial charge in [-0.1, -0.05) is 39.0 Å². The lowest BCUT2D eigenvalue weighted by Crippen LogP contribution is -2.12. The van der Waals surface area contributed by atoms with Crippen molar-refractivity contribution >= 4 is 10.9 Å². The average molecular weight is 262 g/mol. The van der Waals surface area contributed by atoms with Gasteiger partial charge in [0.15, 0.2) is 0 Å². The van der Waals surface area contributed by atoms with E-state index in [0.717, 1.165) is 16.8 Å².